The topological polar surface area (TPSA) is 80.9 Å². The van der Waals surface area contributed by atoms with Crippen LogP contribution < -0.4 is 11.3 Å². The fourth-order valence-electron chi connectivity index (χ4n) is 2.40. The number of nitrogens with zero attached hydrogens (tertiary/aromatic N) is 2. The van der Waals surface area contributed by atoms with E-state index in [2.05, 4.69) is 9.97 Å². The molecule has 0 saturated carbocycles. The van der Waals surface area contributed by atoms with E-state index >= 15 is 0 Å². The molecule has 0 amide bonds. The Labute approximate surface area is 117 Å². The van der Waals surface area contributed by atoms with E-state index in [1.165, 1.54) is 10.9 Å². The maximum Gasteiger partial charge on any atom is 0.417 e. The van der Waals surface area contributed by atoms with Gasteiger partial charge < -0.3 is 4.42 Å². The number of hydrogen-bond acceptors (Lipinski definition) is 4. The Morgan fingerprint density at radius 1 is 1.05 bits per heavy atom. The molecule has 0 aliphatic carbocycles. The molecule has 0 bridgehead atoms. The summed E-state index contributed by atoms with van der Waals surface area (Å²) in [6.45, 7) is 0. The van der Waals surface area contributed by atoms with Gasteiger partial charge in [0.15, 0.2) is 5.58 Å². The lowest BCUT2D eigenvalue weighted by Gasteiger charge is -2.06. The van der Waals surface area contributed by atoms with Crippen molar-refractivity contribution in [2.24, 2.45) is 0 Å². The van der Waals surface area contributed by atoms with Gasteiger partial charge in [-0.1, -0.05) is 18.2 Å². The van der Waals surface area contributed by atoms with Gasteiger partial charge >= 0.3 is 5.76 Å². The minimum Gasteiger partial charge on any atom is -0.408 e. The number of oxazole rings is 1. The van der Waals surface area contributed by atoms with Crippen molar-refractivity contribution < 1.29 is 4.42 Å². The van der Waals surface area contributed by atoms with Crippen molar-refractivity contribution in [1.82, 2.24) is 14.5 Å². The first kappa shape index (κ1) is 11.7. The average molecular weight is 279 g/mol. The molecular formula is C15H9N3O3. The molecule has 4 aromatic rings. The van der Waals surface area contributed by atoms with Crippen LogP contribution >= 0.6 is 0 Å². The molecule has 0 fully saturated rings. The molecule has 0 atom stereocenters. The van der Waals surface area contributed by atoms with Crippen LogP contribution in [0.4, 0.5) is 0 Å². The summed E-state index contributed by atoms with van der Waals surface area (Å²) in [4.78, 5) is 30.8. The Bertz CT molecular complexity index is 1090. The fraction of sp³-hybridized carbons (Fsp3) is 0. The molecule has 2 aromatic heterocycles. The van der Waals surface area contributed by atoms with Gasteiger partial charge in [0.05, 0.1) is 16.6 Å². The number of hydrogen-bond donors (Lipinski definition) is 1. The predicted molar refractivity (Wildman–Crippen MR) is 77.7 cm³/mol. The molecule has 0 aliphatic rings. The second-order valence-electron chi connectivity index (χ2n) is 4.60. The number of para-hydroxylation sites is 2. The van der Waals surface area contributed by atoms with Crippen LogP contribution in [-0.4, -0.2) is 14.5 Å². The minimum absolute atomic E-state index is 0.199. The van der Waals surface area contributed by atoms with Gasteiger partial charge in [-0.2, -0.15) is 0 Å². The maximum absolute atomic E-state index is 12.6. The zero-order chi connectivity index (χ0) is 14.4. The monoisotopic (exact) mass is 279 g/mol. The van der Waals surface area contributed by atoms with Crippen LogP contribution in [0.5, 0.6) is 0 Å². The van der Waals surface area contributed by atoms with E-state index in [0.29, 0.717) is 27.7 Å². The lowest BCUT2D eigenvalue weighted by molar-refractivity contribution is 0.555. The highest BCUT2D eigenvalue weighted by molar-refractivity contribution is 5.83. The molecule has 4 rings (SSSR count). The van der Waals surface area contributed by atoms with Crippen LogP contribution in [0.1, 0.15) is 0 Å². The summed E-state index contributed by atoms with van der Waals surface area (Å²) in [5.74, 6) is -0.556. The van der Waals surface area contributed by atoms with E-state index in [1.807, 2.05) is 6.07 Å². The summed E-state index contributed by atoms with van der Waals surface area (Å²) in [5, 5.41) is 0.517. The van der Waals surface area contributed by atoms with Crippen LogP contribution in [0.3, 0.4) is 0 Å². The molecule has 0 aliphatic heterocycles. The molecule has 6 nitrogen and oxygen atoms in total. The van der Waals surface area contributed by atoms with Crippen molar-refractivity contribution in [3.63, 3.8) is 0 Å². The van der Waals surface area contributed by atoms with Crippen molar-refractivity contribution in [3.8, 4) is 5.69 Å². The second kappa shape index (κ2) is 4.17. The van der Waals surface area contributed by atoms with Crippen molar-refractivity contribution >= 4 is 22.0 Å². The molecule has 2 aromatic carbocycles. The summed E-state index contributed by atoms with van der Waals surface area (Å²) in [7, 11) is 0. The summed E-state index contributed by atoms with van der Waals surface area (Å²) < 4.78 is 6.41. The van der Waals surface area contributed by atoms with Gasteiger partial charge in [-0.15, -0.1) is 0 Å². The van der Waals surface area contributed by atoms with E-state index in [1.54, 1.807) is 36.4 Å². The first-order valence-electron chi connectivity index (χ1n) is 6.33. The van der Waals surface area contributed by atoms with Crippen LogP contribution in [0, 0.1) is 0 Å². The van der Waals surface area contributed by atoms with Crippen molar-refractivity contribution in [3.05, 3.63) is 69.7 Å². The van der Waals surface area contributed by atoms with E-state index < -0.39 is 5.76 Å². The molecule has 6 heteroatoms. The van der Waals surface area contributed by atoms with Gasteiger partial charge in [-0.25, -0.2) is 9.78 Å². The smallest absolute Gasteiger partial charge is 0.408 e. The summed E-state index contributed by atoms with van der Waals surface area (Å²) >= 11 is 0. The molecule has 0 radical (unpaired) electrons. The van der Waals surface area contributed by atoms with Gasteiger partial charge in [0.1, 0.15) is 11.8 Å². The number of nitrogens with one attached hydrogen (secondary N) is 1. The average Bonchev–Trinajstić information content (AvgIpc) is 2.88. The van der Waals surface area contributed by atoms with Gasteiger partial charge in [0.25, 0.3) is 5.56 Å². The standard InChI is InChI=1S/C15H9N3O3/c19-14-9-4-1-2-5-10(9)16-8-18(14)11-6-3-7-12-13(11)17-15(20)21-12/h1-8H,(H,17,20). The van der Waals surface area contributed by atoms with Crippen molar-refractivity contribution in [2.75, 3.05) is 0 Å². The Kier molecular flexibility index (Phi) is 2.32. The molecule has 0 unspecified atom stereocenters. The SMILES string of the molecule is O=c1[nH]c2c(-n3cnc4ccccc4c3=O)cccc2o1. The summed E-state index contributed by atoms with van der Waals surface area (Å²) in [5.41, 5.74) is 1.84. The van der Waals surface area contributed by atoms with Gasteiger partial charge in [0.2, 0.25) is 0 Å². The lowest BCUT2D eigenvalue weighted by Crippen LogP contribution is -2.19. The normalized spacial score (nSPS) is 11.2. The molecular weight excluding hydrogens is 270 g/mol. The minimum atomic E-state index is -0.556. The molecule has 0 saturated heterocycles. The Morgan fingerprint density at radius 2 is 1.90 bits per heavy atom. The number of aromatic amines is 1. The van der Waals surface area contributed by atoms with E-state index in [4.69, 9.17) is 4.42 Å². The third kappa shape index (κ3) is 1.69. The number of fused-ring (bicyclic) bond motifs is 2. The Balaban J connectivity index is 2.12. The summed E-state index contributed by atoms with van der Waals surface area (Å²) in [6.07, 6.45) is 1.45. The van der Waals surface area contributed by atoms with Crippen LogP contribution in [-0.2, 0) is 0 Å². The van der Waals surface area contributed by atoms with E-state index in [0.717, 1.165) is 0 Å². The van der Waals surface area contributed by atoms with Crippen LogP contribution in [0.25, 0.3) is 27.7 Å². The molecule has 2 heterocycles. The molecule has 0 spiro atoms. The third-order valence-electron chi connectivity index (χ3n) is 3.36. The highest BCUT2D eigenvalue weighted by atomic mass is 16.4. The van der Waals surface area contributed by atoms with Gasteiger partial charge in [-0.3, -0.25) is 14.3 Å². The number of aromatic nitrogens is 3. The highest BCUT2D eigenvalue weighted by Crippen LogP contribution is 2.18. The zero-order valence-electron chi connectivity index (χ0n) is 10.7. The first-order valence-corrected chi connectivity index (χ1v) is 6.33. The maximum atomic E-state index is 12.6. The number of rotatable bonds is 1. The summed E-state index contributed by atoms with van der Waals surface area (Å²) in [6, 6.07) is 12.2. The zero-order valence-corrected chi connectivity index (χ0v) is 10.7. The van der Waals surface area contributed by atoms with E-state index in [-0.39, 0.29) is 5.56 Å². The Morgan fingerprint density at radius 3 is 2.81 bits per heavy atom. The predicted octanol–water partition coefficient (Wildman–Crippen LogP) is 1.82. The quantitative estimate of drug-likeness (QED) is 0.576. The first-order chi connectivity index (χ1) is 10.2. The highest BCUT2D eigenvalue weighted by Gasteiger charge is 2.11. The number of benzene rings is 2. The second-order valence-corrected chi connectivity index (χ2v) is 4.60. The van der Waals surface area contributed by atoms with Crippen molar-refractivity contribution in [1.29, 1.82) is 0 Å². The van der Waals surface area contributed by atoms with Crippen LogP contribution in [0.2, 0.25) is 0 Å². The van der Waals surface area contributed by atoms with Gasteiger partial charge in [-0.05, 0) is 24.3 Å². The Hall–Kier alpha value is -3.15. The molecule has 1 N–H and O–H groups in total. The number of H-pyrrole nitrogens is 1. The van der Waals surface area contributed by atoms with E-state index in [9.17, 15) is 9.59 Å². The largest absolute Gasteiger partial charge is 0.417 e. The fourth-order valence-corrected chi connectivity index (χ4v) is 2.40. The molecule has 21 heavy (non-hydrogen) atoms. The van der Waals surface area contributed by atoms with Gasteiger partial charge in [0, 0.05) is 0 Å². The van der Waals surface area contributed by atoms with Crippen molar-refractivity contribution in [2.45, 2.75) is 0 Å². The van der Waals surface area contributed by atoms with Crippen LogP contribution in [0.15, 0.2) is 62.8 Å². The third-order valence-corrected chi connectivity index (χ3v) is 3.36. The lowest BCUT2D eigenvalue weighted by atomic mass is 10.2. The molecule has 102 valence electrons.